The number of fused-ring (bicyclic) bond motifs is 1. The van der Waals surface area contributed by atoms with Crippen molar-refractivity contribution in [3.05, 3.63) is 23.2 Å². The number of nitrogens with zero attached hydrogens (tertiary/aromatic N) is 2. The zero-order chi connectivity index (χ0) is 13.9. The second kappa shape index (κ2) is 6.10. The Morgan fingerprint density at radius 3 is 2.70 bits per heavy atom. The molecule has 0 unspecified atom stereocenters. The Labute approximate surface area is 125 Å². The zero-order valence-corrected chi connectivity index (χ0v) is 13.2. The van der Waals surface area contributed by atoms with E-state index in [0.29, 0.717) is 5.92 Å². The summed E-state index contributed by atoms with van der Waals surface area (Å²) in [4.78, 5) is 7.29. The van der Waals surface area contributed by atoms with Gasteiger partial charge in [0, 0.05) is 37.8 Å². The van der Waals surface area contributed by atoms with Gasteiger partial charge in [-0.05, 0) is 31.0 Å². The summed E-state index contributed by atoms with van der Waals surface area (Å²) in [5.41, 5.74) is 2.51. The van der Waals surface area contributed by atoms with E-state index in [9.17, 15) is 0 Å². The lowest BCUT2D eigenvalue weighted by Crippen LogP contribution is -2.43. The minimum atomic E-state index is 0.620. The Morgan fingerprint density at radius 1 is 1.25 bits per heavy atom. The number of nitrogens with one attached hydrogen (secondary N) is 1. The standard InChI is InChI=1S/C16H23N3S/c1-3-12(4-2)16-18-14-6-5-13(11-15(14)20-16)19-9-7-17-8-10-19/h5-6,11-12,17H,3-4,7-10H2,1-2H3. The van der Waals surface area contributed by atoms with E-state index in [4.69, 9.17) is 4.98 Å². The van der Waals surface area contributed by atoms with E-state index in [1.807, 2.05) is 11.3 Å². The summed E-state index contributed by atoms with van der Waals surface area (Å²) in [6.45, 7) is 8.88. The molecule has 0 aliphatic carbocycles. The first-order valence-corrected chi connectivity index (χ1v) is 8.49. The maximum absolute atomic E-state index is 4.83. The number of hydrogen-bond donors (Lipinski definition) is 1. The van der Waals surface area contributed by atoms with Crippen molar-refractivity contribution in [3.63, 3.8) is 0 Å². The van der Waals surface area contributed by atoms with Crippen molar-refractivity contribution in [3.8, 4) is 0 Å². The smallest absolute Gasteiger partial charge is 0.0969 e. The minimum Gasteiger partial charge on any atom is -0.369 e. The molecule has 2 aromatic rings. The predicted octanol–water partition coefficient (Wildman–Crippen LogP) is 3.61. The maximum Gasteiger partial charge on any atom is 0.0969 e. The topological polar surface area (TPSA) is 28.2 Å². The Balaban J connectivity index is 1.90. The third-order valence-electron chi connectivity index (χ3n) is 4.21. The molecule has 2 heterocycles. The van der Waals surface area contributed by atoms with Crippen molar-refractivity contribution < 1.29 is 0 Å². The zero-order valence-electron chi connectivity index (χ0n) is 12.4. The number of hydrogen-bond acceptors (Lipinski definition) is 4. The second-order valence-electron chi connectivity index (χ2n) is 5.45. The SMILES string of the molecule is CCC(CC)c1nc2ccc(N3CCNCC3)cc2s1. The van der Waals surface area contributed by atoms with Gasteiger partial charge in [-0.2, -0.15) is 0 Å². The summed E-state index contributed by atoms with van der Waals surface area (Å²) in [5, 5.41) is 4.71. The summed E-state index contributed by atoms with van der Waals surface area (Å²) < 4.78 is 1.34. The van der Waals surface area contributed by atoms with E-state index in [1.54, 1.807) is 0 Å². The first-order valence-electron chi connectivity index (χ1n) is 7.68. The molecule has 0 amide bonds. The van der Waals surface area contributed by atoms with Gasteiger partial charge in [0.25, 0.3) is 0 Å². The van der Waals surface area contributed by atoms with E-state index in [2.05, 4.69) is 42.3 Å². The van der Waals surface area contributed by atoms with Crippen LogP contribution in [-0.4, -0.2) is 31.2 Å². The number of piperazine rings is 1. The highest BCUT2D eigenvalue weighted by Gasteiger charge is 2.15. The largest absolute Gasteiger partial charge is 0.369 e. The van der Waals surface area contributed by atoms with Gasteiger partial charge < -0.3 is 10.2 Å². The molecule has 0 saturated carbocycles. The van der Waals surface area contributed by atoms with Crippen LogP contribution in [0.25, 0.3) is 10.2 Å². The molecule has 20 heavy (non-hydrogen) atoms. The molecule has 0 radical (unpaired) electrons. The molecule has 1 aliphatic rings. The fourth-order valence-electron chi connectivity index (χ4n) is 2.86. The monoisotopic (exact) mass is 289 g/mol. The summed E-state index contributed by atoms with van der Waals surface area (Å²) in [6, 6.07) is 6.74. The molecule has 3 rings (SSSR count). The Bertz CT molecular complexity index is 568. The normalized spacial score (nSPS) is 16.2. The minimum absolute atomic E-state index is 0.620. The van der Waals surface area contributed by atoms with Crippen LogP contribution in [0.15, 0.2) is 18.2 Å². The van der Waals surface area contributed by atoms with Gasteiger partial charge in [0.05, 0.1) is 15.2 Å². The fraction of sp³-hybridized carbons (Fsp3) is 0.562. The number of aromatic nitrogens is 1. The highest BCUT2D eigenvalue weighted by atomic mass is 32.1. The van der Waals surface area contributed by atoms with E-state index in [-0.39, 0.29) is 0 Å². The van der Waals surface area contributed by atoms with Crippen molar-refractivity contribution in [2.75, 3.05) is 31.1 Å². The molecule has 1 aromatic heterocycles. The van der Waals surface area contributed by atoms with Gasteiger partial charge in [-0.1, -0.05) is 13.8 Å². The first kappa shape index (κ1) is 13.8. The van der Waals surface area contributed by atoms with Gasteiger partial charge in [-0.15, -0.1) is 11.3 Å². The van der Waals surface area contributed by atoms with Gasteiger partial charge in [-0.25, -0.2) is 4.98 Å². The van der Waals surface area contributed by atoms with Crippen LogP contribution in [0.2, 0.25) is 0 Å². The van der Waals surface area contributed by atoms with Gasteiger partial charge in [0.2, 0.25) is 0 Å². The van der Waals surface area contributed by atoms with Crippen LogP contribution in [0.3, 0.4) is 0 Å². The highest BCUT2D eigenvalue weighted by molar-refractivity contribution is 7.18. The van der Waals surface area contributed by atoms with Crippen molar-refractivity contribution in [1.82, 2.24) is 10.3 Å². The van der Waals surface area contributed by atoms with Gasteiger partial charge in [0.15, 0.2) is 0 Å². The van der Waals surface area contributed by atoms with Gasteiger partial charge in [0.1, 0.15) is 0 Å². The van der Waals surface area contributed by atoms with Crippen molar-refractivity contribution >= 4 is 27.2 Å². The molecular weight excluding hydrogens is 266 g/mol. The molecule has 1 aliphatic heterocycles. The van der Waals surface area contributed by atoms with Crippen LogP contribution in [0.5, 0.6) is 0 Å². The molecule has 3 nitrogen and oxygen atoms in total. The van der Waals surface area contributed by atoms with Crippen LogP contribution >= 0.6 is 11.3 Å². The summed E-state index contributed by atoms with van der Waals surface area (Å²) >= 11 is 1.88. The molecule has 1 aromatic carbocycles. The average molecular weight is 289 g/mol. The number of rotatable bonds is 4. The third kappa shape index (κ3) is 2.67. The van der Waals surface area contributed by atoms with Crippen LogP contribution in [-0.2, 0) is 0 Å². The lowest BCUT2D eigenvalue weighted by Gasteiger charge is -2.29. The molecule has 108 valence electrons. The van der Waals surface area contributed by atoms with Crippen LogP contribution in [0, 0.1) is 0 Å². The molecule has 0 spiro atoms. The molecule has 1 N–H and O–H groups in total. The van der Waals surface area contributed by atoms with Gasteiger partial charge in [-0.3, -0.25) is 0 Å². The summed E-state index contributed by atoms with van der Waals surface area (Å²) in [6.07, 6.45) is 2.36. The molecule has 0 atom stereocenters. The number of thiazole rings is 1. The quantitative estimate of drug-likeness (QED) is 0.932. The Morgan fingerprint density at radius 2 is 2.00 bits per heavy atom. The van der Waals surface area contributed by atoms with Crippen LogP contribution in [0.4, 0.5) is 5.69 Å². The number of benzene rings is 1. The van der Waals surface area contributed by atoms with Crippen LogP contribution < -0.4 is 10.2 Å². The van der Waals surface area contributed by atoms with Gasteiger partial charge >= 0.3 is 0 Å². The summed E-state index contributed by atoms with van der Waals surface area (Å²) in [5.74, 6) is 0.620. The first-order chi connectivity index (χ1) is 9.81. The fourth-order valence-corrected chi connectivity index (χ4v) is 4.13. The van der Waals surface area contributed by atoms with Crippen LogP contribution in [0.1, 0.15) is 37.6 Å². The van der Waals surface area contributed by atoms with E-state index in [1.165, 1.54) is 28.2 Å². The highest BCUT2D eigenvalue weighted by Crippen LogP contribution is 2.33. The molecule has 0 bridgehead atoms. The Hall–Kier alpha value is -1.13. The molecular formula is C16H23N3S. The van der Waals surface area contributed by atoms with Crippen molar-refractivity contribution in [2.24, 2.45) is 0 Å². The van der Waals surface area contributed by atoms with E-state index >= 15 is 0 Å². The second-order valence-corrected chi connectivity index (χ2v) is 6.52. The molecule has 1 fully saturated rings. The van der Waals surface area contributed by atoms with Crippen molar-refractivity contribution in [1.29, 1.82) is 0 Å². The van der Waals surface area contributed by atoms with E-state index in [0.717, 1.165) is 31.7 Å². The maximum atomic E-state index is 4.83. The van der Waals surface area contributed by atoms with Crippen molar-refractivity contribution in [2.45, 2.75) is 32.6 Å². The predicted molar refractivity (Wildman–Crippen MR) is 88.0 cm³/mol. The lowest BCUT2D eigenvalue weighted by molar-refractivity contribution is 0.589. The number of anilines is 1. The average Bonchev–Trinajstić information content (AvgIpc) is 2.92. The Kier molecular flexibility index (Phi) is 4.22. The molecule has 1 saturated heterocycles. The van der Waals surface area contributed by atoms with E-state index < -0.39 is 0 Å². The lowest BCUT2D eigenvalue weighted by atomic mass is 10.1. The summed E-state index contributed by atoms with van der Waals surface area (Å²) in [7, 11) is 0. The molecule has 4 heteroatoms. The third-order valence-corrected chi connectivity index (χ3v) is 5.39.